The van der Waals surface area contributed by atoms with E-state index in [-0.39, 0.29) is 30.3 Å². The maximum Gasteiger partial charge on any atom is 0.268 e. The number of amides is 2. The first-order chi connectivity index (χ1) is 11.6. The minimum atomic E-state index is -0.539. The maximum atomic E-state index is 12.8. The van der Waals surface area contributed by atoms with E-state index >= 15 is 0 Å². The fourth-order valence-corrected chi connectivity index (χ4v) is 3.49. The van der Waals surface area contributed by atoms with Crippen LogP contribution in [0.2, 0.25) is 0 Å². The molecule has 0 radical (unpaired) electrons. The Balaban J connectivity index is 1.74. The number of para-hydroxylation sites is 2. The largest absolute Gasteiger partial charge is 0.478 e. The van der Waals surface area contributed by atoms with Crippen LogP contribution in [0.5, 0.6) is 5.75 Å². The van der Waals surface area contributed by atoms with Crippen LogP contribution < -0.4 is 15.0 Å². The molecule has 5 nitrogen and oxygen atoms in total. The zero-order valence-electron chi connectivity index (χ0n) is 14.5. The fourth-order valence-electron chi connectivity index (χ4n) is 3.49. The molecule has 1 N–H and O–H groups in total. The Kier molecular flexibility index (Phi) is 5.07. The summed E-state index contributed by atoms with van der Waals surface area (Å²) < 4.78 is 5.84. The second-order valence-electron chi connectivity index (χ2n) is 7.08. The molecule has 0 saturated heterocycles. The molecule has 24 heavy (non-hydrogen) atoms. The minimum absolute atomic E-state index is 0.0507. The van der Waals surface area contributed by atoms with Crippen LogP contribution in [-0.2, 0) is 9.59 Å². The van der Waals surface area contributed by atoms with Gasteiger partial charge in [0.1, 0.15) is 12.3 Å². The first-order valence-electron chi connectivity index (χ1n) is 8.92. The monoisotopic (exact) mass is 330 g/mol. The predicted molar refractivity (Wildman–Crippen MR) is 93.1 cm³/mol. The van der Waals surface area contributed by atoms with Crippen molar-refractivity contribution < 1.29 is 14.3 Å². The molecule has 0 aromatic heterocycles. The second kappa shape index (κ2) is 7.24. The Hall–Kier alpha value is -2.04. The molecule has 1 saturated carbocycles. The molecule has 1 aliphatic carbocycles. The molecule has 0 spiro atoms. The van der Waals surface area contributed by atoms with E-state index in [2.05, 4.69) is 5.32 Å². The summed E-state index contributed by atoms with van der Waals surface area (Å²) in [7, 11) is 0. The summed E-state index contributed by atoms with van der Waals surface area (Å²) in [6, 6.07) is 7.67. The zero-order valence-corrected chi connectivity index (χ0v) is 14.5. The highest BCUT2D eigenvalue weighted by Gasteiger charge is 2.37. The average molecular weight is 330 g/mol. The lowest BCUT2D eigenvalue weighted by Gasteiger charge is -2.36. The number of anilines is 1. The number of hydrogen-bond acceptors (Lipinski definition) is 3. The summed E-state index contributed by atoms with van der Waals surface area (Å²) in [5.74, 6) is 0.494. The van der Waals surface area contributed by atoms with E-state index in [0.717, 1.165) is 12.8 Å². The first-order valence-corrected chi connectivity index (χ1v) is 8.92. The van der Waals surface area contributed by atoms with Gasteiger partial charge in [0.05, 0.1) is 5.69 Å². The quantitative estimate of drug-likeness (QED) is 0.923. The molecule has 1 heterocycles. The normalized spacial score (nSPS) is 21.4. The summed E-state index contributed by atoms with van der Waals surface area (Å²) in [4.78, 5) is 26.8. The zero-order chi connectivity index (χ0) is 17.1. The van der Waals surface area contributed by atoms with Gasteiger partial charge >= 0.3 is 0 Å². The van der Waals surface area contributed by atoms with Gasteiger partial charge < -0.3 is 10.1 Å². The van der Waals surface area contributed by atoms with Crippen molar-refractivity contribution in [1.82, 2.24) is 5.32 Å². The fraction of sp³-hybridized carbons (Fsp3) is 0.579. The number of nitrogens with one attached hydrogen (secondary N) is 1. The summed E-state index contributed by atoms with van der Waals surface area (Å²) in [6.07, 6.45) is 5.11. The Morgan fingerprint density at radius 1 is 1.25 bits per heavy atom. The molecule has 130 valence electrons. The number of ether oxygens (including phenoxy) is 1. The van der Waals surface area contributed by atoms with Crippen molar-refractivity contribution in [2.75, 3.05) is 11.4 Å². The van der Waals surface area contributed by atoms with Gasteiger partial charge in [0.15, 0.2) is 6.10 Å². The number of benzene rings is 1. The van der Waals surface area contributed by atoms with Crippen molar-refractivity contribution in [2.24, 2.45) is 5.92 Å². The van der Waals surface area contributed by atoms with Crippen LogP contribution in [0.25, 0.3) is 0 Å². The number of carbonyl (C=O) groups is 2. The summed E-state index contributed by atoms with van der Waals surface area (Å²) in [5.41, 5.74) is 0.679. The molecule has 0 bridgehead atoms. The van der Waals surface area contributed by atoms with Crippen molar-refractivity contribution in [3.63, 3.8) is 0 Å². The standard InChI is InChI=1S/C19H26N2O3/c1-13(2)18-19(23)21(15-10-6-7-11-16(15)24-18)12-17(22)20-14-8-4-3-5-9-14/h6-7,10-11,13-14,18H,3-5,8-9,12H2,1-2H3,(H,20,22). The first kappa shape index (κ1) is 16.8. The highest BCUT2D eigenvalue weighted by atomic mass is 16.5. The van der Waals surface area contributed by atoms with E-state index in [1.807, 2.05) is 38.1 Å². The minimum Gasteiger partial charge on any atom is -0.478 e. The van der Waals surface area contributed by atoms with Crippen molar-refractivity contribution in [2.45, 2.75) is 58.1 Å². The lowest BCUT2D eigenvalue weighted by Crippen LogP contribution is -2.52. The molecule has 2 amide bonds. The predicted octanol–water partition coefficient (Wildman–Crippen LogP) is 2.89. The molecule has 1 fully saturated rings. The van der Waals surface area contributed by atoms with Crippen LogP contribution in [0.15, 0.2) is 24.3 Å². The molecule has 1 aliphatic heterocycles. The highest BCUT2D eigenvalue weighted by molar-refractivity contribution is 6.04. The molecule has 3 rings (SSSR count). The smallest absolute Gasteiger partial charge is 0.268 e. The third-order valence-electron chi connectivity index (χ3n) is 4.80. The third kappa shape index (κ3) is 3.55. The van der Waals surface area contributed by atoms with Gasteiger partial charge in [0.2, 0.25) is 5.91 Å². The maximum absolute atomic E-state index is 12.8. The number of carbonyl (C=O) groups excluding carboxylic acids is 2. The van der Waals surface area contributed by atoms with Gasteiger partial charge in [0, 0.05) is 6.04 Å². The van der Waals surface area contributed by atoms with Crippen LogP contribution >= 0.6 is 0 Å². The SMILES string of the molecule is CC(C)C1Oc2ccccc2N(CC(=O)NC2CCCCC2)C1=O. The van der Waals surface area contributed by atoms with Crippen molar-refractivity contribution >= 4 is 17.5 Å². The van der Waals surface area contributed by atoms with Crippen LogP contribution in [-0.4, -0.2) is 30.5 Å². The lowest BCUT2D eigenvalue weighted by molar-refractivity contribution is -0.130. The van der Waals surface area contributed by atoms with Gasteiger partial charge in [-0.2, -0.15) is 0 Å². The topological polar surface area (TPSA) is 58.6 Å². The van der Waals surface area contributed by atoms with Gasteiger partial charge in [-0.1, -0.05) is 45.2 Å². The highest BCUT2D eigenvalue weighted by Crippen LogP contribution is 2.35. The van der Waals surface area contributed by atoms with E-state index in [0.29, 0.717) is 11.4 Å². The number of rotatable bonds is 4. The molecule has 1 unspecified atom stereocenters. The van der Waals surface area contributed by atoms with Gasteiger partial charge in [-0.15, -0.1) is 0 Å². The van der Waals surface area contributed by atoms with E-state index in [1.54, 1.807) is 4.90 Å². The van der Waals surface area contributed by atoms with E-state index in [9.17, 15) is 9.59 Å². The Morgan fingerprint density at radius 3 is 2.67 bits per heavy atom. The molecular weight excluding hydrogens is 304 g/mol. The number of nitrogens with zero attached hydrogens (tertiary/aromatic N) is 1. The van der Waals surface area contributed by atoms with Crippen LogP contribution in [0, 0.1) is 5.92 Å². The number of fused-ring (bicyclic) bond motifs is 1. The van der Waals surface area contributed by atoms with Gasteiger partial charge in [0.25, 0.3) is 5.91 Å². The molecular formula is C19H26N2O3. The van der Waals surface area contributed by atoms with Crippen molar-refractivity contribution in [1.29, 1.82) is 0 Å². The third-order valence-corrected chi connectivity index (χ3v) is 4.80. The Labute approximate surface area is 143 Å². The van der Waals surface area contributed by atoms with Crippen LogP contribution in [0.4, 0.5) is 5.69 Å². The van der Waals surface area contributed by atoms with Crippen molar-refractivity contribution in [3.8, 4) is 5.75 Å². The summed E-state index contributed by atoms with van der Waals surface area (Å²) >= 11 is 0. The molecule has 1 atom stereocenters. The van der Waals surface area contributed by atoms with E-state index in [4.69, 9.17) is 4.74 Å². The molecule has 5 heteroatoms. The second-order valence-corrected chi connectivity index (χ2v) is 7.08. The molecule has 1 aromatic rings. The van der Waals surface area contributed by atoms with Crippen LogP contribution in [0.1, 0.15) is 46.0 Å². The summed E-state index contributed by atoms with van der Waals surface area (Å²) in [5, 5.41) is 3.09. The van der Waals surface area contributed by atoms with Gasteiger partial charge in [-0.05, 0) is 30.9 Å². The van der Waals surface area contributed by atoms with Gasteiger partial charge in [-0.25, -0.2) is 0 Å². The Morgan fingerprint density at radius 2 is 1.96 bits per heavy atom. The number of hydrogen-bond donors (Lipinski definition) is 1. The average Bonchev–Trinajstić information content (AvgIpc) is 2.58. The summed E-state index contributed by atoms with van der Waals surface area (Å²) in [6.45, 7) is 3.96. The molecule has 1 aromatic carbocycles. The Bertz CT molecular complexity index is 608. The van der Waals surface area contributed by atoms with E-state index in [1.165, 1.54) is 19.3 Å². The lowest BCUT2D eigenvalue weighted by atomic mass is 9.95. The van der Waals surface area contributed by atoms with Crippen molar-refractivity contribution in [3.05, 3.63) is 24.3 Å². The van der Waals surface area contributed by atoms with Crippen LogP contribution in [0.3, 0.4) is 0 Å². The van der Waals surface area contributed by atoms with Gasteiger partial charge in [-0.3, -0.25) is 14.5 Å². The van der Waals surface area contributed by atoms with E-state index < -0.39 is 6.10 Å². The molecule has 2 aliphatic rings.